The monoisotopic (exact) mass is 235 g/mol. The first kappa shape index (κ1) is 10.2. The van der Waals surface area contributed by atoms with Crippen molar-refractivity contribution in [3.8, 4) is 0 Å². The molecule has 84 valence electrons. The zero-order valence-corrected chi connectivity index (χ0v) is 9.83. The van der Waals surface area contributed by atoms with Gasteiger partial charge in [0.25, 0.3) is 0 Å². The summed E-state index contributed by atoms with van der Waals surface area (Å²) in [4.78, 5) is 13.8. The Bertz CT molecular complexity index is 444. The standard InChI is InChI=1S/C13H14ClNO/c14-10-2-4-13-9(7-10)1-3-11-8-12(16)5-6-15(11)13/h2,4,7,11H,1,3,5-6,8H2/t11-/m0/s1. The van der Waals surface area contributed by atoms with Gasteiger partial charge in [-0.25, -0.2) is 0 Å². The van der Waals surface area contributed by atoms with Crippen molar-refractivity contribution in [2.24, 2.45) is 0 Å². The summed E-state index contributed by atoms with van der Waals surface area (Å²) in [6.45, 7) is 0.873. The molecule has 2 heterocycles. The van der Waals surface area contributed by atoms with Crippen LogP contribution in [0.2, 0.25) is 5.02 Å². The summed E-state index contributed by atoms with van der Waals surface area (Å²) in [5.74, 6) is 0.415. The van der Waals surface area contributed by atoms with Crippen molar-refractivity contribution < 1.29 is 4.79 Å². The minimum Gasteiger partial charge on any atom is -0.367 e. The molecule has 0 aliphatic carbocycles. The number of anilines is 1. The molecule has 1 fully saturated rings. The Morgan fingerprint density at radius 2 is 2.19 bits per heavy atom. The van der Waals surface area contributed by atoms with E-state index in [1.807, 2.05) is 6.07 Å². The van der Waals surface area contributed by atoms with Crippen molar-refractivity contribution >= 4 is 23.1 Å². The first-order valence-corrected chi connectivity index (χ1v) is 6.18. The second-order valence-electron chi connectivity index (χ2n) is 4.65. The largest absolute Gasteiger partial charge is 0.367 e. The summed E-state index contributed by atoms with van der Waals surface area (Å²) < 4.78 is 0. The molecule has 1 aromatic carbocycles. The lowest BCUT2D eigenvalue weighted by molar-refractivity contribution is -0.120. The molecule has 0 bridgehead atoms. The zero-order valence-electron chi connectivity index (χ0n) is 9.08. The SMILES string of the molecule is O=C1CCN2c3ccc(Cl)cc3CC[C@H]2C1. The van der Waals surface area contributed by atoms with Crippen LogP contribution in [-0.2, 0) is 11.2 Å². The van der Waals surface area contributed by atoms with E-state index in [4.69, 9.17) is 11.6 Å². The Kier molecular flexibility index (Phi) is 2.40. The third-order valence-electron chi connectivity index (χ3n) is 3.63. The van der Waals surface area contributed by atoms with E-state index in [9.17, 15) is 4.79 Å². The van der Waals surface area contributed by atoms with E-state index in [0.29, 0.717) is 18.2 Å². The van der Waals surface area contributed by atoms with Gasteiger partial charge in [-0.2, -0.15) is 0 Å². The lowest BCUT2D eigenvalue weighted by Gasteiger charge is -2.41. The van der Waals surface area contributed by atoms with Gasteiger partial charge in [0.2, 0.25) is 0 Å². The smallest absolute Gasteiger partial charge is 0.136 e. The van der Waals surface area contributed by atoms with Gasteiger partial charge in [0.15, 0.2) is 0 Å². The Morgan fingerprint density at radius 1 is 1.31 bits per heavy atom. The molecule has 0 amide bonds. The van der Waals surface area contributed by atoms with Crippen LogP contribution in [0.5, 0.6) is 0 Å². The Labute approximate surface area is 100 Å². The molecule has 0 N–H and O–H groups in total. The quantitative estimate of drug-likeness (QED) is 0.689. The number of fused-ring (bicyclic) bond motifs is 3. The lowest BCUT2D eigenvalue weighted by Crippen LogP contribution is -2.45. The van der Waals surface area contributed by atoms with Gasteiger partial charge in [-0.05, 0) is 36.6 Å². The van der Waals surface area contributed by atoms with E-state index >= 15 is 0 Å². The number of piperidine rings is 1. The molecule has 3 rings (SSSR count). The average molecular weight is 236 g/mol. The second kappa shape index (κ2) is 3.77. The molecule has 0 spiro atoms. The molecule has 0 unspecified atom stereocenters. The van der Waals surface area contributed by atoms with Gasteiger partial charge < -0.3 is 4.90 Å². The topological polar surface area (TPSA) is 20.3 Å². The molecule has 3 heteroatoms. The average Bonchev–Trinajstić information content (AvgIpc) is 2.28. The fourth-order valence-electron chi connectivity index (χ4n) is 2.83. The minimum atomic E-state index is 0.415. The van der Waals surface area contributed by atoms with E-state index < -0.39 is 0 Å². The molecule has 0 radical (unpaired) electrons. The third-order valence-corrected chi connectivity index (χ3v) is 3.87. The highest BCUT2D eigenvalue weighted by Crippen LogP contribution is 2.35. The number of hydrogen-bond donors (Lipinski definition) is 0. The summed E-state index contributed by atoms with van der Waals surface area (Å²) in [7, 11) is 0. The number of aryl methyl sites for hydroxylation is 1. The highest BCUT2D eigenvalue weighted by Gasteiger charge is 2.31. The maximum atomic E-state index is 11.4. The molecular weight excluding hydrogens is 222 g/mol. The number of benzene rings is 1. The third kappa shape index (κ3) is 1.61. The number of hydrogen-bond acceptors (Lipinski definition) is 2. The van der Waals surface area contributed by atoms with E-state index in [1.54, 1.807) is 0 Å². The number of carbonyl (C=O) groups is 1. The molecule has 1 saturated heterocycles. The number of ketones is 1. The van der Waals surface area contributed by atoms with Crippen LogP contribution in [0.4, 0.5) is 5.69 Å². The summed E-state index contributed by atoms with van der Waals surface area (Å²) >= 11 is 6.00. The van der Waals surface area contributed by atoms with E-state index in [0.717, 1.165) is 30.8 Å². The molecule has 0 aromatic heterocycles. The van der Waals surface area contributed by atoms with Gasteiger partial charge in [-0.15, -0.1) is 0 Å². The summed E-state index contributed by atoms with van der Waals surface area (Å²) in [5.41, 5.74) is 2.62. The van der Waals surface area contributed by atoms with Gasteiger partial charge >= 0.3 is 0 Å². The maximum absolute atomic E-state index is 11.4. The Hall–Kier alpha value is -1.02. The normalized spacial score (nSPS) is 23.9. The van der Waals surface area contributed by atoms with Crippen molar-refractivity contribution in [1.29, 1.82) is 0 Å². The van der Waals surface area contributed by atoms with Crippen molar-refractivity contribution in [3.05, 3.63) is 28.8 Å². The highest BCUT2D eigenvalue weighted by molar-refractivity contribution is 6.30. The molecule has 2 aliphatic heterocycles. The van der Waals surface area contributed by atoms with Gasteiger partial charge in [0.1, 0.15) is 5.78 Å². The van der Waals surface area contributed by atoms with E-state index in [-0.39, 0.29) is 0 Å². The number of carbonyl (C=O) groups excluding carboxylic acids is 1. The van der Waals surface area contributed by atoms with Crippen LogP contribution in [-0.4, -0.2) is 18.4 Å². The van der Waals surface area contributed by atoms with Crippen molar-refractivity contribution in [2.75, 3.05) is 11.4 Å². The van der Waals surface area contributed by atoms with E-state index in [1.165, 1.54) is 11.3 Å². The van der Waals surface area contributed by atoms with Crippen LogP contribution in [0.25, 0.3) is 0 Å². The number of Topliss-reactive ketones (excluding diaryl/α,β-unsaturated/α-hetero) is 1. The van der Waals surface area contributed by atoms with Crippen LogP contribution in [0.3, 0.4) is 0 Å². The van der Waals surface area contributed by atoms with E-state index in [2.05, 4.69) is 17.0 Å². The van der Waals surface area contributed by atoms with Crippen LogP contribution >= 0.6 is 11.6 Å². The van der Waals surface area contributed by atoms with Crippen LogP contribution < -0.4 is 4.90 Å². The summed E-state index contributed by atoms with van der Waals surface area (Å²) in [6, 6.07) is 6.53. The first-order chi connectivity index (χ1) is 7.74. The predicted molar refractivity (Wildman–Crippen MR) is 65.1 cm³/mol. The molecular formula is C13H14ClNO. The zero-order chi connectivity index (χ0) is 11.1. The summed E-state index contributed by atoms with van der Waals surface area (Å²) in [5, 5.41) is 0.810. The minimum absolute atomic E-state index is 0.415. The Balaban J connectivity index is 1.97. The molecule has 2 aliphatic rings. The lowest BCUT2D eigenvalue weighted by atomic mass is 9.89. The van der Waals surface area contributed by atoms with Crippen molar-refractivity contribution in [1.82, 2.24) is 0 Å². The number of rotatable bonds is 0. The van der Waals surface area contributed by atoms with Crippen molar-refractivity contribution in [3.63, 3.8) is 0 Å². The van der Waals surface area contributed by atoms with Crippen LogP contribution in [0.15, 0.2) is 18.2 Å². The molecule has 0 saturated carbocycles. The molecule has 1 atom stereocenters. The first-order valence-electron chi connectivity index (χ1n) is 5.81. The van der Waals surface area contributed by atoms with Crippen LogP contribution in [0, 0.1) is 0 Å². The number of nitrogens with zero attached hydrogens (tertiary/aromatic N) is 1. The predicted octanol–water partition coefficient (Wildman–Crippen LogP) is 2.82. The summed E-state index contributed by atoms with van der Waals surface area (Å²) in [6.07, 6.45) is 3.55. The second-order valence-corrected chi connectivity index (χ2v) is 5.09. The van der Waals surface area contributed by atoms with Crippen LogP contribution in [0.1, 0.15) is 24.8 Å². The number of halogens is 1. The maximum Gasteiger partial charge on any atom is 0.136 e. The van der Waals surface area contributed by atoms with Crippen molar-refractivity contribution in [2.45, 2.75) is 31.7 Å². The molecule has 2 nitrogen and oxygen atoms in total. The van der Waals surface area contributed by atoms with Gasteiger partial charge in [0, 0.05) is 36.1 Å². The van der Waals surface area contributed by atoms with Gasteiger partial charge in [-0.3, -0.25) is 4.79 Å². The fraction of sp³-hybridized carbons (Fsp3) is 0.462. The molecule has 1 aromatic rings. The van der Waals surface area contributed by atoms with Gasteiger partial charge in [-0.1, -0.05) is 11.6 Å². The fourth-order valence-corrected chi connectivity index (χ4v) is 3.03. The highest BCUT2D eigenvalue weighted by atomic mass is 35.5. The molecule has 16 heavy (non-hydrogen) atoms. The Morgan fingerprint density at radius 3 is 3.06 bits per heavy atom. The van der Waals surface area contributed by atoms with Gasteiger partial charge in [0.05, 0.1) is 0 Å².